The van der Waals surface area contributed by atoms with Gasteiger partial charge in [-0.1, -0.05) is 26.7 Å². The van der Waals surface area contributed by atoms with Gasteiger partial charge in [0.05, 0.1) is 0 Å². The molecule has 0 aromatic rings. The summed E-state index contributed by atoms with van der Waals surface area (Å²) in [6.45, 7) is 28.7. The molecule has 0 fully saturated rings. The Morgan fingerprint density at radius 1 is 0.333 bits per heavy atom. The van der Waals surface area contributed by atoms with E-state index >= 15 is 0 Å². The fourth-order valence-corrected chi connectivity index (χ4v) is 9.86. The minimum atomic E-state index is -2.48. The van der Waals surface area contributed by atoms with Crippen LogP contribution in [-0.4, -0.2) is 54.2 Å². The fourth-order valence-electron chi connectivity index (χ4n) is 3.29. The van der Waals surface area contributed by atoms with Crippen molar-refractivity contribution in [3.8, 4) is 0 Å². The van der Waals surface area contributed by atoms with Gasteiger partial charge in [-0.2, -0.15) is 94.5 Å². The molecule has 0 heterocycles. The lowest BCUT2D eigenvalue weighted by Crippen LogP contribution is -2.50. The Morgan fingerprint density at radius 3 is 0.538 bits per heavy atom. The van der Waals surface area contributed by atoms with Gasteiger partial charge in [-0.3, -0.25) is 0 Å². The monoisotopic (exact) mass is 734 g/mol. The van der Waals surface area contributed by atoms with Crippen LogP contribution in [0.5, 0.6) is 0 Å². The Balaban J connectivity index is -0.0000000559. The lowest BCUT2D eigenvalue weighted by molar-refractivity contribution is 0.00195. The van der Waals surface area contributed by atoms with Gasteiger partial charge in [0.15, 0.2) is 0 Å². The maximum Gasteiger partial charge on any atom is 0.501 e. The summed E-state index contributed by atoms with van der Waals surface area (Å²) >= 11 is 0. The topological polar surface area (TPSA) is 55.4 Å². The Bertz CT molecular complexity index is 376. The molecule has 0 rings (SSSR count). The van der Waals surface area contributed by atoms with Gasteiger partial charge in [0, 0.05) is 48.7 Å². The molecule has 0 radical (unpaired) electrons. The maximum atomic E-state index is 5.99. The van der Waals surface area contributed by atoms with Crippen LogP contribution in [0, 0.1) is 0 Å². The molecule has 0 saturated heterocycles. The van der Waals surface area contributed by atoms with Gasteiger partial charge in [0.2, 0.25) is 0 Å². The van der Waals surface area contributed by atoms with Crippen LogP contribution < -0.4 is 0 Å². The molecule has 15 heteroatoms. The zero-order chi connectivity index (χ0) is 25.5. The number of hydrogen-bond acceptors (Lipinski definition) is 6. The van der Waals surface area contributed by atoms with Gasteiger partial charge < -0.3 is 26.6 Å². The van der Waals surface area contributed by atoms with E-state index < -0.39 is 17.6 Å². The fraction of sp³-hybridized carbons (Fsp3) is 1.00. The Kier molecular flexibility index (Phi) is 58.1. The average Bonchev–Trinajstić information content (AvgIpc) is 2.50. The quantitative estimate of drug-likeness (QED) is 0.150. The molecule has 0 spiro atoms. The average molecular weight is 735 g/mol. The van der Waals surface area contributed by atoms with Gasteiger partial charge in [-0.25, -0.2) is 0 Å². The lowest BCUT2D eigenvalue weighted by Gasteiger charge is -2.34. The first-order valence-corrected chi connectivity index (χ1v) is 16.6. The second-order valence-corrected chi connectivity index (χ2v) is 15.0. The van der Waals surface area contributed by atoms with E-state index in [2.05, 4.69) is 13.8 Å². The van der Waals surface area contributed by atoms with Gasteiger partial charge in [-0.15, -0.1) is 0 Å². The molecular formula is C24H70O6S7Si2. The molecular weight excluding hydrogens is 665 g/mol. The highest BCUT2D eigenvalue weighted by molar-refractivity contribution is 7.60. The molecule has 0 aliphatic heterocycles. The predicted molar refractivity (Wildman–Crippen MR) is 212 cm³/mol. The second kappa shape index (κ2) is 35.1. The summed E-state index contributed by atoms with van der Waals surface area (Å²) in [5.41, 5.74) is 0. The van der Waals surface area contributed by atoms with Crippen molar-refractivity contribution in [1.29, 1.82) is 0 Å². The second-order valence-electron chi connectivity index (χ2n) is 9.87. The number of hydrogen-bond donors (Lipinski definition) is 0. The van der Waals surface area contributed by atoms with E-state index in [9.17, 15) is 0 Å². The normalized spacial score (nSPS) is 10.8. The van der Waals surface area contributed by atoms with Crippen LogP contribution in [0.1, 0.15) is 110 Å². The van der Waals surface area contributed by atoms with E-state index in [1.165, 1.54) is 0 Å². The minimum absolute atomic E-state index is 0. The molecule has 0 aromatic heterocycles. The molecule has 252 valence electrons. The molecule has 0 atom stereocenters. The third-order valence-corrected chi connectivity index (χ3v) is 10.8. The summed E-state index contributed by atoms with van der Waals surface area (Å²) in [6, 6.07) is 1.78. The summed E-state index contributed by atoms with van der Waals surface area (Å²) in [5.74, 6) is 0. The van der Waals surface area contributed by atoms with Crippen molar-refractivity contribution in [2.24, 2.45) is 0 Å². The van der Waals surface area contributed by atoms with Crippen LogP contribution in [0.3, 0.4) is 0 Å². The van der Waals surface area contributed by atoms with Crippen LogP contribution in [0.4, 0.5) is 0 Å². The third-order valence-electron chi connectivity index (χ3n) is 3.60. The summed E-state index contributed by atoms with van der Waals surface area (Å²) < 4.78 is 36.0. The summed E-state index contributed by atoms with van der Waals surface area (Å²) in [4.78, 5) is 0. The summed E-state index contributed by atoms with van der Waals surface area (Å²) in [6.07, 6.45) is 2.95. The third kappa shape index (κ3) is 36.7. The minimum Gasteiger partial charge on any atom is -0.371 e. The van der Waals surface area contributed by atoms with Gasteiger partial charge in [-0.05, 0) is 83.1 Å². The van der Waals surface area contributed by atoms with Gasteiger partial charge in [0.25, 0.3) is 0 Å². The maximum absolute atomic E-state index is 5.99. The van der Waals surface area contributed by atoms with E-state index in [-0.39, 0.29) is 131 Å². The van der Waals surface area contributed by atoms with Crippen LogP contribution in [0.2, 0.25) is 12.1 Å². The van der Waals surface area contributed by atoms with Crippen molar-refractivity contribution in [1.82, 2.24) is 0 Å². The number of rotatable bonds is 16. The van der Waals surface area contributed by atoms with E-state index in [0.29, 0.717) is 0 Å². The molecule has 0 aliphatic rings. The van der Waals surface area contributed by atoms with Crippen LogP contribution in [-0.2, 0) is 26.6 Å². The highest BCUT2D eigenvalue weighted by Gasteiger charge is 2.44. The van der Waals surface area contributed by atoms with E-state index in [1.54, 1.807) is 0 Å². The smallest absolute Gasteiger partial charge is 0.371 e. The Hall–Kier alpha value is 2.64. The largest absolute Gasteiger partial charge is 0.501 e. The summed E-state index contributed by atoms with van der Waals surface area (Å²) in [5, 5.41) is 0. The molecule has 6 nitrogen and oxygen atoms in total. The van der Waals surface area contributed by atoms with Crippen molar-refractivity contribution >= 4 is 112 Å². The van der Waals surface area contributed by atoms with Crippen LogP contribution in [0.15, 0.2) is 0 Å². The van der Waals surface area contributed by atoms with Gasteiger partial charge in [0.1, 0.15) is 0 Å². The predicted octanol–water partition coefficient (Wildman–Crippen LogP) is 8.01. The summed E-state index contributed by atoms with van der Waals surface area (Å²) in [7, 11) is -4.97. The Labute approximate surface area is 295 Å². The van der Waals surface area contributed by atoms with Crippen molar-refractivity contribution < 1.29 is 26.6 Å². The molecule has 0 bridgehead atoms. The Morgan fingerprint density at radius 2 is 0.462 bits per heavy atom. The highest BCUT2D eigenvalue weighted by Crippen LogP contribution is 2.24. The molecule has 0 aliphatic carbocycles. The van der Waals surface area contributed by atoms with Crippen molar-refractivity contribution in [3.05, 3.63) is 0 Å². The molecule has 0 N–H and O–H groups in total. The molecule has 0 saturated carbocycles. The molecule has 0 aromatic carbocycles. The molecule has 0 unspecified atom stereocenters. The SMILES string of the molecule is CCC[Si](OC(C)C)(OC(C)C)OC(C)C.CCC[Si](OC(C)C)(OC(C)C)OC(C)C.S.S.S.S.S.S.S. The first-order valence-electron chi connectivity index (χ1n) is 12.7. The lowest BCUT2D eigenvalue weighted by atomic mass is 10.5. The van der Waals surface area contributed by atoms with Crippen molar-refractivity contribution in [3.63, 3.8) is 0 Å². The van der Waals surface area contributed by atoms with Crippen LogP contribution in [0.25, 0.3) is 0 Å². The van der Waals surface area contributed by atoms with E-state index in [4.69, 9.17) is 26.6 Å². The zero-order valence-corrected chi connectivity index (χ0v) is 36.2. The van der Waals surface area contributed by atoms with E-state index in [1.807, 2.05) is 83.1 Å². The van der Waals surface area contributed by atoms with E-state index in [0.717, 1.165) is 24.9 Å². The standard InChI is InChI=1S/2C12H28O3Si.7H2S/c2*1-8-9-16(13-10(2)3,14-11(4)5)15-12(6)7;;;;;;;/h2*10-12H,8-9H2,1-7H3;7*1H2. The first kappa shape index (κ1) is 64.6. The molecule has 39 heavy (non-hydrogen) atoms. The van der Waals surface area contributed by atoms with Crippen molar-refractivity contribution in [2.45, 2.75) is 158 Å². The molecule has 0 amide bonds. The highest BCUT2D eigenvalue weighted by atomic mass is 32.1. The first-order chi connectivity index (χ1) is 14.6. The van der Waals surface area contributed by atoms with Crippen LogP contribution >= 0.6 is 94.5 Å². The van der Waals surface area contributed by atoms with Crippen molar-refractivity contribution in [2.75, 3.05) is 0 Å². The zero-order valence-electron chi connectivity index (χ0n) is 27.2. The van der Waals surface area contributed by atoms with Gasteiger partial charge >= 0.3 is 17.6 Å².